The van der Waals surface area contributed by atoms with Crippen molar-refractivity contribution in [2.75, 3.05) is 12.4 Å². The van der Waals surface area contributed by atoms with E-state index in [1.54, 1.807) is 12.1 Å². The van der Waals surface area contributed by atoms with Crippen LogP contribution >= 0.6 is 0 Å². The number of nitro groups is 1. The molecule has 2 aromatic carbocycles. The van der Waals surface area contributed by atoms with Gasteiger partial charge in [-0.25, -0.2) is 0 Å². The lowest BCUT2D eigenvalue weighted by atomic mass is 10.1. The number of carbonyl (C=O) groups is 1. The second kappa shape index (κ2) is 8.07. The van der Waals surface area contributed by atoms with Gasteiger partial charge in [-0.1, -0.05) is 12.1 Å². The number of ether oxygens (including phenoxy) is 1. The fourth-order valence-electron chi connectivity index (χ4n) is 2.54. The molecule has 144 valence electrons. The Morgan fingerprint density at radius 1 is 1.19 bits per heavy atom. The van der Waals surface area contributed by atoms with Crippen molar-refractivity contribution in [3.8, 4) is 5.75 Å². The largest absolute Gasteiger partial charge is 0.488 e. The van der Waals surface area contributed by atoms with Crippen molar-refractivity contribution < 1.29 is 14.5 Å². The summed E-state index contributed by atoms with van der Waals surface area (Å²) in [6, 6.07) is 10.2. The van der Waals surface area contributed by atoms with E-state index >= 15 is 0 Å². The van der Waals surface area contributed by atoms with Crippen LogP contribution in [-0.4, -0.2) is 23.5 Å². The van der Waals surface area contributed by atoms with Crippen LogP contribution in [0.4, 0.5) is 11.4 Å². The third kappa shape index (κ3) is 5.44. The van der Waals surface area contributed by atoms with Crippen LogP contribution in [0.25, 0.3) is 0 Å². The van der Waals surface area contributed by atoms with E-state index in [0.717, 1.165) is 16.9 Å². The van der Waals surface area contributed by atoms with Gasteiger partial charge in [-0.15, -0.1) is 0 Å². The number of aryl methyl sites for hydroxylation is 1. The first-order chi connectivity index (χ1) is 12.6. The summed E-state index contributed by atoms with van der Waals surface area (Å²) in [5.74, 6) is 0.365. The molecule has 2 rings (SSSR count). The predicted octanol–water partition coefficient (Wildman–Crippen LogP) is 4.05. The zero-order valence-electron chi connectivity index (χ0n) is 16.3. The highest BCUT2D eigenvalue weighted by molar-refractivity contribution is 5.95. The highest BCUT2D eigenvalue weighted by atomic mass is 16.6. The van der Waals surface area contributed by atoms with Gasteiger partial charge in [-0.2, -0.15) is 0 Å². The zero-order valence-corrected chi connectivity index (χ0v) is 16.3. The number of hydrogen-bond acceptors (Lipinski definition) is 5. The summed E-state index contributed by atoms with van der Waals surface area (Å²) in [5.41, 5.74) is 2.03. The van der Waals surface area contributed by atoms with E-state index in [0.29, 0.717) is 12.2 Å². The van der Waals surface area contributed by atoms with Crippen LogP contribution < -0.4 is 15.4 Å². The van der Waals surface area contributed by atoms with Gasteiger partial charge in [0.05, 0.1) is 4.92 Å². The van der Waals surface area contributed by atoms with Crippen LogP contribution in [0.3, 0.4) is 0 Å². The molecule has 2 N–H and O–H groups in total. The van der Waals surface area contributed by atoms with Crippen LogP contribution in [-0.2, 0) is 6.54 Å². The van der Waals surface area contributed by atoms with Crippen LogP contribution in [0.2, 0.25) is 0 Å². The van der Waals surface area contributed by atoms with E-state index < -0.39 is 4.92 Å². The van der Waals surface area contributed by atoms with E-state index in [-0.39, 0.29) is 22.8 Å². The van der Waals surface area contributed by atoms with Gasteiger partial charge >= 0.3 is 0 Å². The Bertz CT molecular complexity index is 857. The molecular formula is C20H25N3O4. The molecule has 0 aliphatic heterocycles. The van der Waals surface area contributed by atoms with Crippen molar-refractivity contribution in [2.45, 2.75) is 39.8 Å². The minimum absolute atomic E-state index is 0.151. The maximum absolute atomic E-state index is 11.7. The molecule has 0 aliphatic rings. The first kappa shape index (κ1) is 20.2. The van der Waals surface area contributed by atoms with E-state index in [2.05, 4.69) is 10.6 Å². The fourth-order valence-corrected chi connectivity index (χ4v) is 2.54. The molecule has 0 saturated heterocycles. The second-order valence-corrected chi connectivity index (χ2v) is 7.25. The van der Waals surface area contributed by atoms with Gasteiger partial charge in [-0.3, -0.25) is 14.9 Å². The molecule has 27 heavy (non-hydrogen) atoms. The van der Waals surface area contributed by atoms with Crippen LogP contribution in [0.5, 0.6) is 5.75 Å². The van der Waals surface area contributed by atoms with E-state index in [1.807, 2.05) is 45.9 Å². The molecule has 1 amide bonds. The molecule has 7 nitrogen and oxygen atoms in total. The smallest absolute Gasteiger partial charge is 0.293 e. The molecular weight excluding hydrogens is 346 g/mol. The van der Waals surface area contributed by atoms with Crippen LogP contribution in [0, 0.1) is 17.0 Å². The van der Waals surface area contributed by atoms with E-state index in [1.165, 1.54) is 13.1 Å². The summed E-state index contributed by atoms with van der Waals surface area (Å²) in [5, 5.41) is 17.0. The lowest BCUT2D eigenvalue weighted by Gasteiger charge is -2.24. The molecule has 0 fully saturated rings. The standard InChI is InChI=1S/C20H25N3O4/c1-13-6-7-15(18(10-13)27-20(2,3)4)12-22-16-9-8-14(19(24)21-5)11-17(16)23(25)26/h6-11,22H,12H2,1-5H3,(H,21,24). The summed E-state index contributed by atoms with van der Waals surface area (Å²) >= 11 is 0. The number of carbonyl (C=O) groups excluding carboxylic acids is 1. The molecule has 2 aromatic rings. The second-order valence-electron chi connectivity index (χ2n) is 7.25. The fraction of sp³-hybridized carbons (Fsp3) is 0.350. The Kier molecular flexibility index (Phi) is 6.05. The minimum atomic E-state index is -0.503. The van der Waals surface area contributed by atoms with Crippen LogP contribution in [0.15, 0.2) is 36.4 Å². The van der Waals surface area contributed by atoms with E-state index in [4.69, 9.17) is 4.74 Å². The van der Waals surface area contributed by atoms with Gasteiger partial charge < -0.3 is 15.4 Å². The number of nitro benzene ring substituents is 1. The van der Waals surface area contributed by atoms with Crippen molar-refractivity contribution in [3.05, 3.63) is 63.2 Å². The topological polar surface area (TPSA) is 93.5 Å². The Hall–Kier alpha value is -3.09. The molecule has 0 atom stereocenters. The van der Waals surface area contributed by atoms with Crippen molar-refractivity contribution in [2.24, 2.45) is 0 Å². The third-order valence-electron chi connectivity index (χ3n) is 3.79. The average molecular weight is 371 g/mol. The maximum Gasteiger partial charge on any atom is 0.293 e. The quantitative estimate of drug-likeness (QED) is 0.590. The highest BCUT2D eigenvalue weighted by Crippen LogP contribution is 2.29. The summed E-state index contributed by atoms with van der Waals surface area (Å²) in [4.78, 5) is 22.6. The molecule has 0 spiro atoms. The lowest BCUT2D eigenvalue weighted by Crippen LogP contribution is -2.24. The first-order valence-electron chi connectivity index (χ1n) is 8.63. The van der Waals surface area contributed by atoms with Crippen molar-refractivity contribution >= 4 is 17.3 Å². The van der Waals surface area contributed by atoms with Gasteiger partial charge in [-0.05, 0) is 51.5 Å². The van der Waals surface area contributed by atoms with Gasteiger partial charge in [0.15, 0.2) is 0 Å². The number of amides is 1. The van der Waals surface area contributed by atoms with Gasteiger partial charge in [0.2, 0.25) is 0 Å². The molecule has 0 unspecified atom stereocenters. The highest BCUT2D eigenvalue weighted by Gasteiger charge is 2.19. The molecule has 0 radical (unpaired) electrons. The van der Waals surface area contributed by atoms with Crippen molar-refractivity contribution in [1.29, 1.82) is 0 Å². The Labute approximate surface area is 158 Å². The first-order valence-corrected chi connectivity index (χ1v) is 8.63. The molecule has 0 heterocycles. The number of rotatable bonds is 6. The van der Waals surface area contributed by atoms with E-state index in [9.17, 15) is 14.9 Å². The number of benzene rings is 2. The summed E-state index contributed by atoms with van der Waals surface area (Å²) < 4.78 is 6.02. The minimum Gasteiger partial charge on any atom is -0.488 e. The van der Waals surface area contributed by atoms with Crippen molar-refractivity contribution in [1.82, 2.24) is 5.32 Å². The molecule has 7 heteroatoms. The van der Waals surface area contributed by atoms with Gasteiger partial charge in [0.1, 0.15) is 17.0 Å². The maximum atomic E-state index is 11.7. The number of anilines is 1. The monoisotopic (exact) mass is 371 g/mol. The molecule has 0 aliphatic carbocycles. The SMILES string of the molecule is CNC(=O)c1ccc(NCc2ccc(C)cc2OC(C)(C)C)c([N+](=O)[O-])c1. The number of nitrogens with zero attached hydrogens (tertiary/aromatic N) is 1. The van der Waals surface area contributed by atoms with Gasteiger partial charge in [0, 0.05) is 30.8 Å². The third-order valence-corrected chi connectivity index (χ3v) is 3.79. The summed E-state index contributed by atoms with van der Waals surface area (Å²) in [6.45, 7) is 8.24. The average Bonchev–Trinajstić information content (AvgIpc) is 2.58. The summed E-state index contributed by atoms with van der Waals surface area (Å²) in [7, 11) is 1.48. The Morgan fingerprint density at radius 3 is 2.48 bits per heavy atom. The Morgan fingerprint density at radius 2 is 1.89 bits per heavy atom. The lowest BCUT2D eigenvalue weighted by molar-refractivity contribution is -0.384. The molecule has 0 bridgehead atoms. The molecule has 0 aromatic heterocycles. The normalized spacial score (nSPS) is 11.0. The summed E-state index contributed by atoms with van der Waals surface area (Å²) in [6.07, 6.45) is 0. The van der Waals surface area contributed by atoms with Crippen LogP contribution in [0.1, 0.15) is 42.3 Å². The van der Waals surface area contributed by atoms with Gasteiger partial charge in [0.25, 0.3) is 11.6 Å². The molecule has 0 saturated carbocycles. The number of hydrogen-bond donors (Lipinski definition) is 2. The zero-order chi connectivity index (χ0) is 20.2. The Balaban J connectivity index is 2.29. The predicted molar refractivity (Wildman–Crippen MR) is 105 cm³/mol. The van der Waals surface area contributed by atoms with Crippen molar-refractivity contribution in [3.63, 3.8) is 0 Å². The number of nitrogens with one attached hydrogen (secondary N) is 2.